The predicted octanol–water partition coefficient (Wildman–Crippen LogP) is 5.97. The van der Waals surface area contributed by atoms with Crippen molar-refractivity contribution in [1.82, 2.24) is 10.4 Å². The highest BCUT2D eigenvalue weighted by molar-refractivity contribution is 6.31. The van der Waals surface area contributed by atoms with E-state index >= 15 is 0 Å². The Morgan fingerprint density at radius 1 is 1.24 bits per heavy atom. The number of fused-ring (bicyclic) bond motifs is 1. The number of furan rings is 1. The van der Waals surface area contributed by atoms with Crippen LogP contribution in [0.1, 0.15) is 46.7 Å². The largest absolute Gasteiger partial charge is 0.426 e. The Morgan fingerprint density at radius 3 is 2.73 bits per heavy atom. The van der Waals surface area contributed by atoms with Crippen LogP contribution in [-0.4, -0.2) is 10.9 Å². The maximum atomic E-state index is 13.2. The van der Waals surface area contributed by atoms with E-state index in [1.54, 1.807) is 0 Å². The van der Waals surface area contributed by atoms with Crippen molar-refractivity contribution in [3.05, 3.63) is 69.6 Å². The van der Waals surface area contributed by atoms with Crippen LogP contribution in [0.25, 0.3) is 0 Å². The molecule has 1 aliphatic rings. The van der Waals surface area contributed by atoms with Crippen LogP contribution in [0.15, 0.2) is 40.9 Å². The summed E-state index contributed by atoms with van der Waals surface area (Å²) in [5.41, 5.74) is 5.51. The van der Waals surface area contributed by atoms with Crippen molar-refractivity contribution < 1.29 is 31.9 Å². The molecule has 0 fully saturated rings. The molecule has 11 heteroatoms. The Labute approximate surface area is 191 Å². The molecule has 2 aromatic heterocycles. The number of carbonyl (C=O) groups excluding carboxylic acids is 1. The minimum Gasteiger partial charge on any atom is -0.426 e. The number of pyridine rings is 1. The number of hydrogen-bond acceptors (Lipinski definition) is 6. The Kier molecular flexibility index (Phi) is 5.75. The molecule has 174 valence electrons. The standard InChI is InChI=1S/C22H19ClF3N3O4/c1-11-8-12-10-31-21(2,3)13(12)9-16(11)33-17-5-4-15(32-17)20(30)29-28-19-18(22(24,25)26)14(23)6-7-27-19/h4-9H,10H2,1-3H3,(H,27,28)(H,29,30). The molecule has 4 rings (SSSR count). The molecule has 1 amide bonds. The average molecular weight is 482 g/mol. The van der Waals surface area contributed by atoms with Crippen molar-refractivity contribution in [3.63, 3.8) is 0 Å². The third-order valence-corrected chi connectivity index (χ3v) is 5.45. The average Bonchev–Trinajstić information content (AvgIpc) is 3.30. The molecule has 0 bridgehead atoms. The van der Waals surface area contributed by atoms with Gasteiger partial charge >= 0.3 is 12.1 Å². The highest BCUT2D eigenvalue weighted by atomic mass is 35.5. The van der Waals surface area contributed by atoms with E-state index in [0.29, 0.717) is 12.4 Å². The van der Waals surface area contributed by atoms with Crippen LogP contribution in [0.3, 0.4) is 0 Å². The van der Waals surface area contributed by atoms with Gasteiger partial charge in [-0.25, -0.2) is 4.98 Å². The Bertz CT molecular complexity index is 1220. The van der Waals surface area contributed by atoms with Crippen LogP contribution in [0.2, 0.25) is 5.02 Å². The van der Waals surface area contributed by atoms with E-state index in [9.17, 15) is 18.0 Å². The minimum absolute atomic E-state index is 0.0387. The molecule has 0 spiro atoms. The summed E-state index contributed by atoms with van der Waals surface area (Å²) in [4.78, 5) is 15.9. The first-order valence-corrected chi connectivity index (χ1v) is 10.2. The van der Waals surface area contributed by atoms with Crippen LogP contribution in [0.4, 0.5) is 19.0 Å². The second kappa shape index (κ2) is 8.27. The van der Waals surface area contributed by atoms with E-state index in [0.717, 1.165) is 29.0 Å². The number of amides is 1. The van der Waals surface area contributed by atoms with Gasteiger partial charge in [0, 0.05) is 12.3 Å². The van der Waals surface area contributed by atoms with E-state index in [4.69, 9.17) is 25.5 Å². The highest BCUT2D eigenvalue weighted by Crippen LogP contribution is 2.41. The van der Waals surface area contributed by atoms with Gasteiger partial charge < -0.3 is 13.9 Å². The fourth-order valence-corrected chi connectivity index (χ4v) is 3.71. The Hall–Kier alpha value is -3.24. The van der Waals surface area contributed by atoms with Crippen molar-refractivity contribution in [2.45, 2.75) is 39.2 Å². The summed E-state index contributed by atoms with van der Waals surface area (Å²) in [5, 5.41) is -0.554. The summed E-state index contributed by atoms with van der Waals surface area (Å²) in [5.74, 6) is -1.10. The third-order valence-electron chi connectivity index (χ3n) is 5.13. The number of benzene rings is 1. The van der Waals surface area contributed by atoms with E-state index in [-0.39, 0.29) is 11.7 Å². The molecule has 0 radical (unpaired) electrons. The lowest BCUT2D eigenvalue weighted by Crippen LogP contribution is -2.31. The lowest BCUT2D eigenvalue weighted by Gasteiger charge is -2.19. The Morgan fingerprint density at radius 2 is 2.00 bits per heavy atom. The molecule has 33 heavy (non-hydrogen) atoms. The van der Waals surface area contributed by atoms with E-state index in [2.05, 4.69) is 15.8 Å². The maximum absolute atomic E-state index is 13.2. The first kappa shape index (κ1) is 22.9. The van der Waals surface area contributed by atoms with Crippen LogP contribution in [0, 0.1) is 6.92 Å². The number of alkyl halides is 3. The van der Waals surface area contributed by atoms with Gasteiger partial charge in [0.15, 0.2) is 11.6 Å². The number of aryl methyl sites for hydroxylation is 1. The second-order valence-corrected chi connectivity index (χ2v) is 8.30. The molecule has 0 aliphatic carbocycles. The van der Waals surface area contributed by atoms with E-state index in [1.807, 2.05) is 32.9 Å². The zero-order valence-corrected chi connectivity index (χ0v) is 18.5. The molecule has 3 heterocycles. The van der Waals surface area contributed by atoms with E-state index in [1.165, 1.54) is 12.1 Å². The van der Waals surface area contributed by atoms with Gasteiger partial charge in [0.1, 0.15) is 11.3 Å². The summed E-state index contributed by atoms with van der Waals surface area (Å²) in [6.07, 6.45) is -3.69. The van der Waals surface area contributed by atoms with Crippen molar-refractivity contribution in [3.8, 4) is 11.7 Å². The van der Waals surface area contributed by atoms with Gasteiger partial charge in [-0.2, -0.15) is 13.2 Å². The number of anilines is 1. The number of nitrogens with zero attached hydrogens (tertiary/aromatic N) is 1. The lowest BCUT2D eigenvalue weighted by atomic mass is 9.94. The smallest absolute Gasteiger partial charge is 0.421 e. The number of hydrogen-bond donors (Lipinski definition) is 2. The lowest BCUT2D eigenvalue weighted by molar-refractivity contribution is -0.137. The van der Waals surface area contributed by atoms with Gasteiger partial charge in [0.25, 0.3) is 5.95 Å². The zero-order chi connectivity index (χ0) is 24.0. The number of rotatable bonds is 5. The van der Waals surface area contributed by atoms with Crippen LogP contribution < -0.4 is 15.6 Å². The minimum atomic E-state index is -4.77. The maximum Gasteiger partial charge on any atom is 0.421 e. The molecule has 1 aromatic carbocycles. The van der Waals surface area contributed by atoms with Gasteiger partial charge in [-0.05, 0) is 61.7 Å². The number of nitrogens with one attached hydrogen (secondary N) is 2. The quantitative estimate of drug-likeness (QED) is 0.437. The molecule has 1 aliphatic heterocycles. The third kappa shape index (κ3) is 4.62. The first-order valence-electron chi connectivity index (χ1n) is 9.79. The number of hydrazine groups is 1. The number of ether oxygens (including phenoxy) is 2. The summed E-state index contributed by atoms with van der Waals surface area (Å²) in [6.45, 7) is 6.30. The molecule has 3 aromatic rings. The number of carbonyl (C=O) groups is 1. The van der Waals surface area contributed by atoms with Crippen LogP contribution in [0.5, 0.6) is 11.7 Å². The Balaban J connectivity index is 1.47. The fraction of sp³-hybridized carbons (Fsp3) is 0.273. The fourth-order valence-electron chi connectivity index (χ4n) is 3.46. The van der Waals surface area contributed by atoms with Crippen molar-refractivity contribution >= 4 is 23.3 Å². The highest BCUT2D eigenvalue weighted by Gasteiger charge is 2.37. The van der Waals surface area contributed by atoms with Gasteiger partial charge in [0.2, 0.25) is 0 Å². The number of aromatic nitrogens is 1. The van der Waals surface area contributed by atoms with Gasteiger partial charge in [-0.1, -0.05) is 11.6 Å². The molecule has 0 saturated carbocycles. The molecular formula is C22H19ClF3N3O4. The monoisotopic (exact) mass is 481 g/mol. The summed E-state index contributed by atoms with van der Waals surface area (Å²) >= 11 is 5.64. The first-order chi connectivity index (χ1) is 15.5. The molecule has 2 N–H and O–H groups in total. The van der Waals surface area contributed by atoms with Crippen molar-refractivity contribution in [2.24, 2.45) is 0 Å². The summed E-state index contributed by atoms with van der Waals surface area (Å²) in [7, 11) is 0. The second-order valence-electron chi connectivity index (χ2n) is 7.89. The normalized spacial score (nSPS) is 14.6. The van der Waals surface area contributed by atoms with Crippen LogP contribution in [-0.2, 0) is 23.1 Å². The molecule has 0 saturated heterocycles. The molecule has 7 nitrogen and oxygen atoms in total. The molecular weight excluding hydrogens is 463 g/mol. The van der Waals surface area contributed by atoms with Gasteiger partial charge in [-0.3, -0.25) is 15.6 Å². The van der Waals surface area contributed by atoms with Gasteiger partial charge in [-0.15, -0.1) is 0 Å². The molecule has 0 atom stereocenters. The number of halogens is 4. The van der Waals surface area contributed by atoms with Crippen LogP contribution >= 0.6 is 11.6 Å². The summed E-state index contributed by atoms with van der Waals surface area (Å²) < 4.78 is 56.6. The summed E-state index contributed by atoms with van der Waals surface area (Å²) in [6, 6.07) is 7.60. The topological polar surface area (TPSA) is 85.6 Å². The molecule has 0 unspecified atom stereocenters. The van der Waals surface area contributed by atoms with Crippen molar-refractivity contribution in [2.75, 3.05) is 5.43 Å². The van der Waals surface area contributed by atoms with E-state index < -0.39 is 34.1 Å². The van der Waals surface area contributed by atoms with Gasteiger partial charge in [0.05, 0.1) is 17.2 Å². The van der Waals surface area contributed by atoms with Crippen molar-refractivity contribution in [1.29, 1.82) is 0 Å². The zero-order valence-electron chi connectivity index (χ0n) is 17.8. The SMILES string of the molecule is Cc1cc2c(cc1Oc1ccc(C(=O)NNc3nccc(Cl)c3C(F)(F)F)o1)C(C)(C)OC2. The predicted molar refractivity (Wildman–Crippen MR) is 113 cm³/mol.